The molecule has 0 amide bonds. The van der Waals surface area contributed by atoms with Crippen molar-refractivity contribution >= 4 is 23.6 Å². The molecule has 4 heteroatoms. The highest BCUT2D eigenvalue weighted by Gasteiger charge is 2.08. The standard InChI is InChI=1S/C15H11ClO3/c16-13-3-1-2-10(6-9-14(18)19)15(13)11-4-7-12(17)8-5-11/h1-9,17H,(H,18,19)/b9-6+. The minimum atomic E-state index is -1.02. The minimum Gasteiger partial charge on any atom is -0.508 e. The van der Waals surface area contributed by atoms with Gasteiger partial charge in [0.15, 0.2) is 0 Å². The predicted octanol–water partition coefficient (Wildman–Crippen LogP) is 3.81. The zero-order valence-corrected chi connectivity index (χ0v) is 10.6. The van der Waals surface area contributed by atoms with Crippen LogP contribution >= 0.6 is 11.6 Å². The Balaban J connectivity index is 2.55. The normalized spacial score (nSPS) is 10.8. The third-order valence-electron chi connectivity index (χ3n) is 2.61. The lowest BCUT2D eigenvalue weighted by atomic mass is 9.99. The van der Waals surface area contributed by atoms with Crippen molar-refractivity contribution in [1.29, 1.82) is 0 Å². The number of carboxylic acid groups (broad SMARTS) is 1. The summed E-state index contributed by atoms with van der Waals surface area (Å²) in [4.78, 5) is 10.6. The van der Waals surface area contributed by atoms with Crippen LogP contribution in [0.1, 0.15) is 5.56 Å². The summed E-state index contributed by atoms with van der Waals surface area (Å²) < 4.78 is 0. The van der Waals surface area contributed by atoms with Crippen LogP contribution in [-0.2, 0) is 4.79 Å². The molecule has 0 saturated heterocycles. The molecule has 0 unspecified atom stereocenters. The Morgan fingerprint density at radius 1 is 1.11 bits per heavy atom. The largest absolute Gasteiger partial charge is 0.508 e. The number of phenols is 1. The van der Waals surface area contributed by atoms with Gasteiger partial charge in [0.05, 0.1) is 0 Å². The van der Waals surface area contributed by atoms with Crippen molar-refractivity contribution in [1.82, 2.24) is 0 Å². The van der Waals surface area contributed by atoms with Crippen molar-refractivity contribution in [2.45, 2.75) is 0 Å². The van der Waals surface area contributed by atoms with Crippen LogP contribution in [0.2, 0.25) is 5.02 Å². The van der Waals surface area contributed by atoms with Crippen LogP contribution in [0.25, 0.3) is 17.2 Å². The number of benzene rings is 2. The molecule has 0 aromatic heterocycles. The molecular weight excluding hydrogens is 264 g/mol. The van der Waals surface area contributed by atoms with E-state index in [0.717, 1.165) is 17.2 Å². The molecular formula is C15H11ClO3. The van der Waals surface area contributed by atoms with Crippen LogP contribution in [0.15, 0.2) is 48.5 Å². The fourth-order valence-corrected chi connectivity index (χ4v) is 2.06. The van der Waals surface area contributed by atoms with Crippen molar-refractivity contribution in [2.24, 2.45) is 0 Å². The fraction of sp³-hybridized carbons (Fsp3) is 0. The molecule has 0 heterocycles. The Kier molecular flexibility index (Phi) is 3.88. The van der Waals surface area contributed by atoms with E-state index in [4.69, 9.17) is 16.7 Å². The number of aromatic hydroxyl groups is 1. The van der Waals surface area contributed by atoms with Crippen LogP contribution in [0.5, 0.6) is 5.75 Å². The Morgan fingerprint density at radius 3 is 2.42 bits per heavy atom. The summed E-state index contributed by atoms with van der Waals surface area (Å²) in [5.74, 6) is -0.852. The Bertz CT molecular complexity index is 630. The number of phenolic OH excluding ortho intramolecular Hbond substituents is 1. The van der Waals surface area contributed by atoms with Gasteiger partial charge in [0.2, 0.25) is 0 Å². The van der Waals surface area contributed by atoms with Gasteiger partial charge in [-0.15, -0.1) is 0 Å². The molecule has 2 rings (SSSR count). The van der Waals surface area contributed by atoms with Crippen LogP contribution in [-0.4, -0.2) is 16.2 Å². The maximum atomic E-state index is 10.6. The molecule has 19 heavy (non-hydrogen) atoms. The molecule has 0 radical (unpaired) electrons. The highest BCUT2D eigenvalue weighted by atomic mass is 35.5. The van der Waals surface area contributed by atoms with Gasteiger partial charge in [-0.2, -0.15) is 0 Å². The van der Waals surface area contributed by atoms with Gasteiger partial charge in [0.25, 0.3) is 0 Å². The number of carboxylic acids is 1. The molecule has 0 saturated carbocycles. The number of aliphatic carboxylic acids is 1. The topological polar surface area (TPSA) is 57.5 Å². The maximum absolute atomic E-state index is 10.6. The minimum absolute atomic E-state index is 0.165. The van der Waals surface area contributed by atoms with E-state index >= 15 is 0 Å². The number of hydrogen-bond donors (Lipinski definition) is 2. The van der Waals surface area contributed by atoms with Crippen molar-refractivity contribution < 1.29 is 15.0 Å². The Hall–Kier alpha value is -2.26. The van der Waals surface area contributed by atoms with Gasteiger partial charge in [-0.1, -0.05) is 35.9 Å². The van der Waals surface area contributed by atoms with E-state index < -0.39 is 5.97 Å². The molecule has 2 aromatic rings. The molecule has 3 nitrogen and oxygen atoms in total. The molecule has 0 fully saturated rings. The first-order chi connectivity index (χ1) is 9.08. The summed E-state index contributed by atoms with van der Waals surface area (Å²) in [6.07, 6.45) is 2.56. The highest BCUT2D eigenvalue weighted by molar-refractivity contribution is 6.33. The lowest BCUT2D eigenvalue weighted by Crippen LogP contribution is -1.88. The van der Waals surface area contributed by atoms with Crippen LogP contribution < -0.4 is 0 Å². The van der Waals surface area contributed by atoms with Gasteiger partial charge in [0.1, 0.15) is 5.75 Å². The van der Waals surface area contributed by atoms with Gasteiger partial charge in [-0.25, -0.2) is 4.79 Å². The summed E-state index contributed by atoms with van der Waals surface area (Å²) in [6, 6.07) is 11.9. The molecule has 2 aromatic carbocycles. The van der Waals surface area contributed by atoms with E-state index in [9.17, 15) is 9.90 Å². The first-order valence-corrected chi connectivity index (χ1v) is 5.94. The SMILES string of the molecule is O=C(O)/C=C/c1cccc(Cl)c1-c1ccc(O)cc1. The molecule has 2 N–H and O–H groups in total. The maximum Gasteiger partial charge on any atom is 0.328 e. The highest BCUT2D eigenvalue weighted by Crippen LogP contribution is 2.33. The van der Waals surface area contributed by atoms with Gasteiger partial charge < -0.3 is 10.2 Å². The monoisotopic (exact) mass is 274 g/mol. The quantitative estimate of drug-likeness (QED) is 0.837. The van der Waals surface area contributed by atoms with E-state index in [0.29, 0.717) is 10.6 Å². The summed E-state index contributed by atoms with van der Waals surface area (Å²) in [5.41, 5.74) is 2.26. The van der Waals surface area contributed by atoms with Crippen molar-refractivity contribution in [3.63, 3.8) is 0 Å². The molecule has 0 aliphatic rings. The molecule has 0 bridgehead atoms. The smallest absolute Gasteiger partial charge is 0.328 e. The summed E-state index contributed by atoms with van der Waals surface area (Å²) in [7, 11) is 0. The van der Waals surface area contributed by atoms with E-state index in [-0.39, 0.29) is 5.75 Å². The predicted molar refractivity (Wildman–Crippen MR) is 75.2 cm³/mol. The van der Waals surface area contributed by atoms with Gasteiger partial charge >= 0.3 is 5.97 Å². The number of hydrogen-bond acceptors (Lipinski definition) is 2. The van der Waals surface area contributed by atoms with Crippen molar-refractivity contribution in [3.05, 3.63) is 59.1 Å². The second-order valence-electron chi connectivity index (χ2n) is 3.92. The zero-order chi connectivity index (χ0) is 13.8. The molecule has 96 valence electrons. The van der Waals surface area contributed by atoms with Crippen LogP contribution in [0, 0.1) is 0 Å². The van der Waals surface area contributed by atoms with Crippen molar-refractivity contribution in [3.8, 4) is 16.9 Å². The zero-order valence-electron chi connectivity index (χ0n) is 9.88. The van der Waals surface area contributed by atoms with E-state index in [1.807, 2.05) is 0 Å². The number of halogens is 1. The van der Waals surface area contributed by atoms with Crippen molar-refractivity contribution in [2.75, 3.05) is 0 Å². The second-order valence-corrected chi connectivity index (χ2v) is 4.33. The lowest BCUT2D eigenvalue weighted by molar-refractivity contribution is -0.131. The summed E-state index contributed by atoms with van der Waals surface area (Å²) in [6.45, 7) is 0. The van der Waals surface area contributed by atoms with Crippen LogP contribution in [0.3, 0.4) is 0 Å². The van der Waals surface area contributed by atoms with E-state index in [1.165, 1.54) is 6.08 Å². The fourth-order valence-electron chi connectivity index (χ4n) is 1.77. The van der Waals surface area contributed by atoms with E-state index in [1.54, 1.807) is 42.5 Å². The van der Waals surface area contributed by atoms with Crippen LogP contribution in [0.4, 0.5) is 0 Å². The Morgan fingerprint density at radius 2 is 1.79 bits per heavy atom. The first kappa shape index (κ1) is 13.2. The number of rotatable bonds is 3. The molecule has 0 aliphatic heterocycles. The van der Waals surface area contributed by atoms with Gasteiger partial charge in [-0.3, -0.25) is 0 Å². The summed E-state index contributed by atoms with van der Waals surface area (Å²) in [5, 5.41) is 18.5. The summed E-state index contributed by atoms with van der Waals surface area (Å²) >= 11 is 6.18. The third-order valence-corrected chi connectivity index (χ3v) is 2.92. The molecule has 0 spiro atoms. The van der Waals surface area contributed by atoms with E-state index in [2.05, 4.69) is 0 Å². The van der Waals surface area contributed by atoms with Gasteiger partial charge in [0, 0.05) is 16.7 Å². The third kappa shape index (κ3) is 3.14. The first-order valence-electron chi connectivity index (χ1n) is 5.57. The lowest BCUT2D eigenvalue weighted by Gasteiger charge is -2.09. The van der Waals surface area contributed by atoms with Gasteiger partial charge in [-0.05, 0) is 35.4 Å². The number of carbonyl (C=O) groups is 1. The average Bonchev–Trinajstić information content (AvgIpc) is 2.38. The second kappa shape index (κ2) is 5.59. The Labute approximate surface area is 115 Å². The molecule has 0 atom stereocenters. The average molecular weight is 275 g/mol. The molecule has 0 aliphatic carbocycles.